The highest BCUT2D eigenvalue weighted by atomic mass is 16.5. The number of hydrogen-bond acceptors (Lipinski definition) is 5. The second kappa shape index (κ2) is 10.0. The molecule has 6 nitrogen and oxygen atoms in total. The third-order valence-electron chi connectivity index (χ3n) is 3.78. The lowest BCUT2D eigenvalue weighted by Gasteiger charge is -2.13. The molecule has 0 saturated carbocycles. The summed E-state index contributed by atoms with van der Waals surface area (Å²) >= 11 is 0. The fourth-order valence-electron chi connectivity index (χ4n) is 2.34. The molecular weight excluding hydrogens is 356 g/mol. The fourth-order valence-corrected chi connectivity index (χ4v) is 2.34. The van der Waals surface area contributed by atoms with E-state index in [4.69, 9.17) is 14.2 Å². The van der Waals surface area contributed by atoms with Crippen molar-refractivity contribution in [2.45, 2.75) is 13.8 Å². The molecule has 0 fully saturated rings. The number of ether oxygens (including phenoxy) is 3. The zero-order chi connectivity index (χ0) is 20.5. The Kier molecular flexibility index (Phi) is 7.46. The van der Waals surface area contributed by atoms with Gasteiger partial charge >= 0.3 is 0 Å². The molecule has 1 amide bonds. The van der Waals surface area contributed by atoms with Gasteiger partial charge in [0.15, 0.2) is 11.5 Å². The highest BCUT2D eigenvalue weighted by Gasteiger charge is 2.11. The first kappa shape index (κ1) is 20.8. The molecule has 0 aromatic heterocycles. The largest absolute Gasteiger partial charge is 0.497 e. The molecule has 0 heterocycles. The van der Waals surface area contributed by atoms with Crippen molar-refractivity contribution in [1.82, 2.24) is 0 Å². The van der Waals surface area contributed by atoms with Crippen molar-refractivity contribution in [1.29, 1.82) is 5.26 Å². The van der Waals surface area contributed by atoms with Crippen LogP contribution in [0.4, 0.5) is 5.69 Å². The minimum atomic E-state index is -0.494. The molecule has 0 bridgehead atoms. The summed E-state index contributed by atoms with van der Waals surface area (Å²) in [5.74, 6) is 1.74. The molecule has 0 aliphatic carbocycles. The van der Waals surface area contributed by atoms with Gasteiger partial charge in [-0.2, -0.15) is 5.26 Å². The van der Waals surface area contributed by atoms with Crippen molar-refractivity contribution in [3.05, 3.63) is 53.6 Å². The number of rotatable bonds is 8. The molecule has 6 heteroatoms. The van der Waals surface area contributed by atoms with Gasteiger partial charge in [0.25, 0.3) is 5.91 Å². The molecule has 1 N–H and O–H groups in total. The molecule has 0 saturated heterocycles. The molecule has 0 spiro atoms. The first-order valence-electron chi connectivity index (χ1n) is 8.84. The third-order valence-corrected chi connectivity index (χ3v) is 3.78. The van der Waals surface area contributed by atoms with E-state index in [0.29, 0.717) is 41.0 Å². The Morgan fingerprint density at radius 2 is 1.82 bits per heavy atom. The Bertz CT molecular complexity index is 880. The van der Waals surface area contributed by atoms with Crippen LogP contribution in [0.15, 0.2) is 48.0 Å². The van der Waals surface area contributed by atoms with E-state index >= 15 is 0 Å². The van der Waals surface area contributed by atoms with Gasteiger partial charge in [0.1, 0.15) is 17.4 Å². The van der Waals surface area contributed by atoms with E-state index in [1.54, 1.807) is 56.7 Å². The lowest BCUT2D eigenvalue weighted by molar-refractivity contribution is -0.112. The number of nitriles is 1. The summed E-state index contributed by atoms with van der Waals surface area (Å²) in [4.78, 5) is 12.4. The zero-order valence-corrected chi connectivity index (χ0v) is 16.5. The number of amides is 1. The van der Waals surface area contributed by atoms with E-state index in [1.165, 1.54) is 6.08 Å². The SMILES string of the molecule is COc1ccc(NC(=O)/C(C#N)=C/c2ccc(OCC(C)C)c(OC)c2)cc1. The number of nitrogens with zero attached hydrogens (tertiary/aromatic N) is 1. The summed E-state index contributed by atoms with van der Waals surface area (Å²) in [6.45, 7) is 4.69. The van der Waals surface area contributed by atoms with Crippen LogP contribution in [-0.2, 0) is 4.79 Å². The van der Waals surface area contributed by atoms with Crippen molar-refractivity contribution >= 4 is 17.7 Å². The van der Waals surface area contributed by atoms with E-state index in [0.717, 1.165) is 0 Å². The summed E-state index contributed by atoms with van der Waals surface area (Å²) in [5, 5.41) is 12.1. The molecule has 2 rings (SSSR count). The highest BCUT2D eigenvalue weighted by molar-refractivity contribution is 6.09. The Hall–Kier alpha value is -3.46. The number of nitrogens with one attached hydrogen (secondary N) is 1. The van der Waals surface area contributed by atoms with Crippen molar-refractivity contribution in [2.24, 2.45) is 5.92 Å². The number of anilines is 1. The predicted octanol–water partition coefficient (Wildman–Crippen LogP) is 4.28. The van der Waals surface area contributed by atoms with Gasteiger partial charge in [0.05, 0.1) is 20.8 Å². The number of benzene rings is 2. The third kappa shape index (κ3) is 5.78. The minimum Gasteiger partial charge on any atom is -0.497 e. The van der Waals surface area contributed by atoms with E-state index < -0.39 is 5.91 Å². The van der Waals surface area contributed by atoms with E-state index in [1.807, 2.05) is 6.07 Å². The molecule has 28 heavy (non-hydrogen) atoms. The van der Waals surface area contributed by atoms with Crippen LogP contribution >= 0.6 is 0 Å². The molecule has 2 aromatic rings. The van der Waals surface area contributed by atoms with Gasteiger partial charge in [-0.3, -0.25) is 4.79 Å². The van der Waals surface area contributed by atoms with Gasteiger partial charge in [0, 0.05) is 5.69 Å². The van der Waals surface area contributed by atoms with Crippen LogP contribution in [0.25, 0.3) is 6.08 Å². The molecule has 0 aliphatic rings. The maximum absolute atomic E-state index is 12.4. The van der Waals surface area contributed by atoms with Crippen LogP contribution < -0.4 is 19.5 Å². The van der Waals surface area contributed by atoms with E-state index in [-0.39, 0.29) is 5.57 Å². The van der Waals surface area contributed by atoms with E-state index in [2.05, 4.69) is 19.2 Å². The molecule has 2 aromatic carbocycles. The van der Waals surface area contributed by atoms with Crippen LogP contribution in [-0.4, -0.2) is 26.7 Å². The molecule has 146 valence electrons. The minimum absolute atomic E-state index is 0.0197. The number of carbonyl (C=O) groups excluding carboxylic acids is 1. The normalized spacial score (nSPS) is 10.9. The average molecular weight is 380 g/mol. The van der Waals surface area contributed by atoms with Crippen molar-refractivity contribution in [2.75, 3.05) is 26.1 Å². The average Bonchev–Trinajstić information content (AvgIpc) is 2.71. The molecular formula is C22H24N2O4. The summed E-state index contributed by atoms with van der Waals surface area (Å²) in [6, 6.07) is 14.1. The maximum Gasteiger partial charge on any atom is 0.266 e. The summed E-state index contributed by atoms with van der Waals surface area (Å²) in [6.07, 6.45) is 1.51. The quantitative estimate of drug-likeness (QED) is 0.546. The van der Waals surface area contributed by atoms with Gasteiger partial charge in [-0.1, -0.05) is 19.9 Å². The monoisotopic (exact) mass is 380 g/mol. The van der Waals surface area contributed by atoms with Crippen molar-refractivity contribution < 1.29 is 19.0 Å². The van der Waals surface area contributed by atoms with Crippen LogP contribution in [0, 0.1) is 17.2 Å². The Morgan fingerprint density at radius 3 is 2.39 bits per heavy atom. The Labute approximate surface area is 165 Å². The Balaban J connectivity index is 2.17. The highest BCUT2D eigenvalue weighted by Crippen LogP contribution is 2.29. The fraction of sp³-hybridized carbons (Fsp3) is 0.273. The molecule has 0 aliphatic heterocycles. The van der Waals surface area contributed by atoms with Gasteiger partial charge in [-0.15, -0.1) is 0 Å². The summed E-state index contributed by atoms with van der Waals surface area (Å²) in [5.41, 5.74) is 1.21. The number of hydrogen-bond donors (Lipinski definition) is 1. The van der Waals surface area contributed by atoms with Crippen LogP contribution in [0.3, 0.4) is 0 Å². The number of methoxy groups -OCH3 is 2. The second-order valence-corrected chi connectivity index (χ2v) is 6.47. The van der Waals surface area contributed by atoms with Gasteiger partial charge in [0.2, 0.25) is 0 Å². The topological polar surface area (TPSA) is 80.6 Å². The molecule has 0 radical (unpaired) electrons. The Morgan fingerprint density at radius 1 is 1.11 bits per heavy atom. The zero-order valence-electron chi connectivity index (χ0n) is 16.5. The smallest absolute Gasteiger partial charge is 0.266 e. The van der Waals surface area contributed by atoms with Crippen molar-refractivity contribution in [3.8, 4) is 23.3 Å². The lowest BCUT2D eigenvalue weighted by Crippen LogP contribution is -2.13. The van der Waals surface area contributed by atoms with Gasteiger partial charge in [-0.05, 0) is 54.0 Å². The predicted molar refractivity (Wildman–Crippen MR) is 109 cm³/mol. The lowest BCUT2D eigenvalue weighted by atomic mass is 10.1. The first-order valence-corrected chi connectivity index (χ1v) is 8.84. The van der Waals surface area contributed by atoms with Gasteiger partial charge in [-0.25, -0.2) is 0 Å². The maximum atomic E-state index is 12.4. The summed E-state index contributed by atoms with van der Waals surface area (Å²) < 4.78 is 16.2. The standard InChI is InChI=1S/C22H24N2O4/c1-15(2)14-28-20-10-5-16(12-21(20)27-4)11-17(13-23)22(25)24-18-6-8-19(26-3)9-7-18/h5-12,15H,14H2,1-4H3,(H,24,25)/b17-11+. The van der Waals surface area contributed by atoms with Crippen LogP contribution in [0.1, 0.15) is 19.4 Å². The number of carbonyl (C=O) groups is 1. The second-order valence-electron chi connectivity index (χ2n) is 6.47. The van der Waals surface area contributed by atoms with Crippen LogP contribution in [0.2, 0.25) is 0 Å². The van der Waals surface area contributed by atoms with Crippen molar-refractivity contribution in [3.63, 3.8) is 0 Å². The molecule has 0 unspecified atom stereocenters. The summed E-state index contributed by atoms with van der Waals surface area (Å²) in [7, 11) is 3.12. The van der Waals surface area contributed by atoms with Gasteiger partial charge < -0.3 is 19.5 Å². The first-order chi connectivity index (χ1) is 13.5. The van der Waals surface area contributed by atoms with E-state index in [9.17, 15) is 10.1 Å². The molecule has 0 atom stereocenters. The van der Waals surface area contributed by atoms with Crippen LogP contribution in [0.5, 0.6) is 17.2 Å².